The SMILES string of the molecule is [2H]C(c1ccccc1OCCCCCc1cc(O)ns1)N(C(=O)c1ccc(-c2ccco2)cc1)C1CC1. The molecule has 186 valence electrons. The Morgan fingerprint density at radius 2 is 1.94 bits per heavy atom. The molecule has 1 aliphatic rings. The van der Waals surface area contributed by atoms with E-state index in [2.05, 4.69) is 4.37 Å². The molecule has 0 bridgehead atoms. The number of nitrogens with zero attached hydrogens (tertiary/aromatic N) is 2. The Bertz CT molecular complexity index is 1300. The Hall–Kier alpha value is -3.58. The van der Waals surface area contributed by atoms with Crippen LogP contribution in [0.5, 0.6) is 11.6 Å². The first-order valence-corrected chi connectivity index (χ1v) is 13.1. The minimum Gasteiger partial charge on any atom is -0.493 e. The highest BCUT2D eigenvalue weighted by Gasteiger charge is 2.33. The Morgan fingerprint density at radius 1 is 1.11 bits per heavy atom. The number of amides is 1. The van der Waals surface area contributed by atoms with Gasteiger partial charge in [0.05, 0.1) is 14.2 Å². The van der Waals surface area contributed by atoms with E-state index in [1.54, 1.807) is 29.4 Å². The van der Waals surface area contributed by atoms with Crippen molar-refractivity contribution in [2.24, 2.45) is 0 Å². The topological polar surface area (TPSA) is 75.8 Å². The van der Waals surface area contributed by atoms with Crippen molar-refractivity contribution in [3.8, 4) is 23.0 Å². The number of benzene rings is 2. The molecule has 0 aliphatic heterocycles. The van der Waals surface area contributed by atoms with E-state index in [4.69, 9.17) is 10.5 Å². The number of ether oxygens (including phenoxy) is 1. The molecule has 1 N–H and O–H groups in total. The van der Waals surface area contributed by atoms with Gasteiger partial charge >= 0.3 is 0 Å². The Labute approximate surface area is 216 Å². The van der Waals surface area contributed by atoms with Crippen LogP contribution < -0.4 is 4.74 Å². The van der Waals surface area contributed by atoms with Gasteiger partial charge in [-0.2, -0.15) is 4.37 Å². The third kappa shape index (κ3) is 6.15. The minimum absolute atomic E-state index is 0.0685. The van der Waals surface area contributed by atoms with E-state index in [0.717, 1.165) is 54.7 Å². The summed E-state index contributed by atoms with van der Waals surface area (Å²) in [7, 11) is 0. The van der Waals surface area contributed by atoms with E-state index in [1.165, 1.54) is 11.5 Å². The summed E-state index contributed by atoms with van der Waals surface area (Å²) in [6, 6.07) is 20.4. The number of para-hydroxylation sites is 1. The fourth-order valence-electron chi connectivity index (χ4n) is 4.10. The smallest absolute Gasteiger partial charge is 0.254 e. The first-order valence-electron chi connectivity index (χ1n) is 12.9. The Kier molecular flexibility index (Phi) is 7.26. The van der Waals surface area contributed by atoms with E-state index in [1.807, 2.05) is 48.5 Å². The fraction of sp³-hybridized carbons (Fsp3) is 0.310. The second-order valence-corrected chi connectivity index (χ2v) is 9.87. The predicted octanol–water partition coefficient (Wildman–Crippen LogP) is 6.71. The lowest BCUT2D eigenvalue weighted by atomic mass is 10.1. The first-order chi connectivity index (χ1) is 18.1. The zero-order valence-electron chi connectivity index (χ0n) is 21.0. The second kappa shape index (κ2) is 11.4. The molecule has 0 spiro atoms. The maximum absolute atomic E-state index is 13.5. The van der Waals surface area contributed by atoms with Crippen LogP contribution in [0.3, 0.4) is 0 Å². The van der Waals surface area contributed by atoms with Gasteiger partial charge in [-0.05, 0) is 80.4 Å². The minimum atomic E-state index is -0.847. The highest BCUT2D eigenvalue weighted by atomic mass is 32.1. The number of aryl methyl sites for hydroxylation is 1. The number of unbranched alkanes of at least 4 members (excludes halogenated alkanes) is 2. The lowest BCUT2D eigenvalue weighted by Crippen LogP contribution is -2.32. The summed E-state index contributed by atoms with van der Waals surface area (Å²) in [6.45, 7) is -0.302. The molecule has 5 rings (SSSR count). The molecule has 7 heteroatoms. The number of carbonyl (C=O) groups is 1. The highest BCUT2D eigenvalue weighted by Crippen LogP contribution is 2.32. The van der Waals surface area contributed by atoms with E-state index >= 15 is 0 Å². The number of furan rings is 1. The number of aromatic nitrogens is 1. The van der Waals surface area contributed by atoms with Crippen molar-refractivity contribution in [1.82, 2.24) is 9.27 Å². The van der Waals surface area contributed by atoms with Crippen LogP contribution >= 0.6 is 11.5 Å². The van der Waals surface area contributed by atoms with Crippen LogP contribution in [0.25, 0.3) is 11.3 Å². The van der Waals surface area contributed by atoms with Crippen molar-refractivity contribution in [2.45, 2.75) is 51.1 Å². The molecular formula is C29H30N2O4S. The summed E-state index contributed by atoms with van der Waals surface area (Å²) in [5.74, 6) is 1.36. The van der Waals surface area contributed by atoms with Crippen molar-refractivity contribution in [3.63, 3.8) is 0 Å². The Balaban J connectivity index is 1.21. The quantitative estimate of drug-likeness (QED) is 0.218. The predicted molar refractivity (Wildman–Crippen MR) is 140 cm³/mol. The second-order valence-electron chi connectivity index (χ2n) is 8.98. The first kappa shape index (κ1) is 22.9. The molecule has 36 heavy (non-hydrogen) atoms. The molecule has 0 saturated heterocycles. The summed E-state index contributed by atoms with van der Waals surface area (Å²) in [5.41, 5.74) is 2.17. The van der Waals surface area contributed by atoms with Crippen LogP contribution in [0.4, 0.5) is 0 Å². The van der Waals surface area contributed by atoms with E-state index in [9.17, 15) is 9.90 Å². The standard InChI is InChI=1S/C29H30N2O4S/c32-28-19-25(36-30-28)8-2-1-5-17-34-27-9-4-3-7-23(27)20-31(24-15-16-24)29(33)22-13-11-21(12-14-22)26-10-6-18-35-26/h3-4,6-7,9-14,18-19,24H,1-2,5,8,15-17,20H2,(H,30,32)/i20D. The lowest BCUT2D eigenvalue weighted by Gasteiger charge is -2.24. The van der Waals surface area contributed by atoms with Gasteiger partial charge in [-0.15, -0.1) is 0 Å². The molecule has 1 fully saturated rings. The molecule has 6 nitrogen and oxygen atoms in total. The van der Waals surface area contributed by atoms with Gasteiger partial charge in [0.25, 0.3) is 5.91 Å². The molecule has 2 aromatic carbocycles. The van der Waals surface area contributed by atoms with Crippen molar-refractivity contribution >= 4 is 17.4 Å². The number of carbonyl (C=O) groups excluding carboxylic acids is 1. The van der Waals surface area contributed by atoms with E-state index in [-0.39, 0.29) is 17.8 Å². The van der Waals surface area contributed by atoms with Crippen LogP contribution in [0, 0.1) is 0 Å². The highest BCUT2D eigenvalue weighted by molar-refractivity contribution is 7.05. The molecular weight excluding hydrogens is 472 g/mol. The van der Waals surface area contributed by atoms with Crippen molar-refractivity contribution in [1.29, 1.82) is 0 Å². The molecule has 1 aliphatic carbocycles. The van der Waals surface area contributed by atoms with Crippen LogP contribution in [-0.4, -0.2) is 32.9 Å². The lowest BCUT2D eigenvalue weighted by molar-refractivity contribution is 0.0728. The van der Waals surface area contributed by atoms with Gasteiger partial charge in [-0.25, -0.2) is 0 Å². The zero-order valence-corrected chi connectivity index (χ0v) is 20.8. The van der Waals surface area contributed by atoms with Gasteiger partial charge in [0.15, 0.2) is 0 Å². The molecule has 1 unspecified atom stereocenters. The number of hydrogen-bond acceptors (Lipinski definition) is 6. The van der Waals surface area contributed by atoms with Crippen LogP contribution in [0.1, 0.15) is 54.3 Å². The van der Waals surface area contributed by atoms with Crippen LogP contribution in [0.2, 0.25) is 0 Å². The molecule has 1 amide bonds. The molecule has 4 aromatic rings. The molecule has 1 atom stereocenters. The Morgan fingerprint density at radius 3 is 2.67 bits per heavy atom. The zero-order chi connectivity index (χ0) is 25.6. The number of rotatable bonds is 12. The largest absolute Gasteiger partial charge is 0.493 e. The van der Waals surface area contributed by atoms with Gasteiger partial charge in [0.1, 0.15) is 11.5 Å². The van der Waals surface area contributed by atoms with Crippen LogP contribution in [-0.2, 0) is 12.9 Å². The van der Waals surface area contributed by atoms with Gasteiger partial charge < -0.3 is 19.2 Å². The third-order valence-corrected chi connectivity index (χ3v) is 7.02. The average molecular weight is 504 g/mol. The van der Waals surface area contributed by atoms with Crippen LogP contribution in [0.15, 0.2) is 77.4 Å². The summed E-state index contributed by atoms with van der Waals surface area (Å²) >= 11 is 1.34. The molecule has 2 heterocycles. The van der Waals surface area contributed by atoms with Gasteiger partial charge in [-0.3, -0.25) is 4.79 Å². The maximum Gasteiger partial charge on any atom is 0.254 e. The third-order valence-electron chi connectivity index (χ3n) is 6.18. The van der Waals surface area contributed by atoms with E-state index < -0.39 is 6.52 Å². The average Bonchev–Trinajstić information content (AvgIpc) is 3.41. The van der Waals surface area contributed by atoms with Gasteiger partial charge in [-0.1, -0.05) is 30.3 Å². The number of aromatic hydroxyl groups is 1. The van der Waals surface area contributed by atoms with Gasteiger partial charge in [0.2, 0.25) is 5.88 Å². The van der Waals surface area contributed by atoms with E-state index in [0.29, 0.717) is 23.5 Å². The molecule has 2 aromatic heterocycles. The van der Waals surface area contributed by atoms with Gasteiger partial charge in [0, 0.05) is 40.2 Å². The normalized spacial score (nSPS) is 14.3. The monoisotopic (exact) mass is 503 g/mol. The van der Waals surface area contributed by atoms with Crippen molar-refractivity contribution in [3.05, 3.63) is 89.0 Å². The van der Waals surface area contributed by atoms with Crippen molar-refractivity contribution < 1.29 is 20.4 Å². The maximum atomic E-state index is 13.5. The fourth-order valence-corrected chi connectivity index (χ4v) is 4.76. The summed E-state index contributed by atoms with van der Waals surface area (Å²) in [4.78, 5) is 16.3. The molecule has 1 saturated carbocycles. The summed E-state index contributed by atoms with van der Waals surface area (Å²) in [5, 5.41) is 9.35. The summed E-state index contributed by atoms with van der Waals surface area (Å²) < 4.78 is 24.5. The molecule has 0 radical (unpaired) electrons. The van der Waals surface area contributed by atoms with Crippen molar-refractivity contribution in [2.75, 3.05) is 6.61 Å². The number of hydrogen-bond donors (Lipinski definition) is 1. The summed E-state index contributed by atoms with van der Waals surface area (Å²) in [6.07, 6.45) is 7.21.